The normalized spacial score (nSPS) is 22.5. The van der Waals surface area contributed by atoms with Crippen molar-refractivity contribution in [3.63, 3.8) is 0 Å². The summed E-state index contributed by atoms with van der Waals surface area (Å²) in [5, 5.41) is 6.51. The van der Waals surface area contributed by atoms with Gasteiger partial charge in [0.2, 0.25) is 5.91 Å². The molecule has 0 spiro atoms. The Kier molecular flexibility index (Phi) is 4.43. The van der Waals surface area contributed by atoms with E-state index in [2.05, 4.69) is 10.4 Å². The van der Waals surface area contributed by atoms with Crippen LogP contribution in [0.5, 0.6) is 0 Å². The predicted molar refractivity (Wildman–Crippen MR) is 70.9 cm³/mol. The van der Waals surface area contributed by atoms with E-state index >= 15 is 0 Å². The molecule has 0 bridgehead atoms. The molecule has 1 saturated heterocycles. The Morgan fingerprint density at radius 3 is 2.55 bits per heavy atom. The van der Waals surface area contributed by atoms with E-state index in [1.165, 1.54) is 17.1 Å². The highest BCUT2D eigenvalue weighted by molar-refractivity contribution is 5.93. The number of alkyl halides is 3. The highest BCUT2D eigenvalue weighted by Crippen LogP contribution is 2.32. The molecule has 1 N–H and O–H groups in total. The molecule has 2 atom stereocenters. The van der Waals surface area contributed by atoms with Crippen LogP contribution in [-0.4, -0.2) is 51.3 Å². The molecule has 6 nitrogen and oxygen atoms in total. The van der Waals surface area contributed by atoms with Gasteiger partial charge in [-0.05, 0) is 12.8 Å². The summed E-state index contributed by atoms with van der Waals surface area (Å²) in [7, 11) is 1.66. The Balaban J connectivity index is 2.03. The fourth-order valence-electron chi connectivity index (χ4n) is 2.58. The zero-order chi connectivity index (χ0) is 16.5. The van der Waals surface area contributed by atoms with Crippen molar-refractivity contribution in [1.82, 2.24) is 20.0 Å². The first kappa shape index (κ1) is 16.3. The number of hydrogen-bond donors (Lipinski definition) is 1. The molecule has 1 aliphatic heterocycles. The Labute approximate surface area is 125 Å². The molecule has 9 heteroatoms. The number of hydrogen-bond acceptors (Lipinski definition) is 3. The largest absolute Gasteiger partial charge is 0.408 e. The lowest BCUT2D eigenvalue weighted by Gasteiger charge is -2.40. The molecule has 2 heterocycles. The SMILES string of the molecule is CC(=O)N1CC(NC(=O)c2cnn(C)c2)CCC1C(F)(F)F. The summed E-state index contributed by atoms with van der Waals surface area (Å²) < 4.78 is 40.2. The summed E-state index contributed by atoms with van der Waals surface area (Å²) in [6.07, 6.45) is -1.62. The van der Waals surface area contributed by atoms with E-state index in [0.29, 0.717) is 5.56 Å². The number of aryl methyl sites for hydroxylation is 1. The molecule has 0 aromatic carbocycles. The van der Waals surface area contributed by atoms with Gasteiger partial charge in [0.15, 0.2) is 0 Å². The summed E-state index contributed by atoms with van der Waals surface area (Å²) in [5.41, 5.74) is 0.329. The third-order valence-corrected chi connectivity index (χ3v) is 3.67. The van der Waals surface area contributed by atoms with Crippen LogP contribution in [0.3, 0.4) is 0 Å². The molecule has 2 rings (SSSR count). The second-order valence-corrected chi connectivity index (χ2v) is 5.38. The van der Waals surface area contributed by atoms with Gasteiger partial charge in [-0.3, -0.25) is 14.3 Å². The van der Waals surface area contributed by atoms with Gasteiger partial charge < -0.3 is 10.2 Å². The fraction of sp³-hybridized carbons (Fsp3) is 0.615. The zero-order valence-corrected chi connectivity index (χ0v) is 12.2. The number of amides is 2. The molecule has 22 heavy (non-hydrogen) atoms. The van der Waals surface area contributed by atoms with Gasteiger partial charge in [-0.25, -0.2) is 0 Å². The van der Waals surface area contributed by atoms with Gasteiger partial charge in [0.25, 0.3) is 5.91 Å². The number of piperidine rings is 1. The van der Waals surface area contributed by atoms with Gasteiger partial charge in [-0.15, -0.1) is 0 Å². The minimum absolute atomic E-state index is 0.147. The Morgan fingerprint density at radius 1 is 1.36 bits per heavy atom. The first-order valence-electron chi connectivity index (χ1n) is 6.82. The molecule has 2 amide bonds. The van der Waals surface area contributed by atoms with Gasteiger partial charge >= 0.3 is 6.18 Å². The summed E-state index contributed by atoms with van der Waals surface area (Å²) in [5.74, 6) is -1.06. The summed E-state index contributed by atoms with van der Waals surface area (Å²) in [6.45, 7) is 0.954. The lowest BCUT2D eigenvalue weighted by atomic mass is 9.97. The molecule has 1 aromatic rings. The number of aromatic nitrogens is 2. The van der Waals surface area contributed by atoms with Gasteiger partial charge in [0.05, 0.1) is 11.8 Å². The molecule has 2 unspecified atom stereocenters. The molecule has 0 saturated carbocycles. The molecule has 0 radical (unpaired) electrons. The third-order valence-electron chi connectivity index (χ3n) is 3.67. The van der Waals surface area contributed by atoms with Crippen molar-refractivity contribution in [2.75, 3.05) is 6.54 Å². The van der Waals surface area contributed by atoms with Crippen LogP contribution in [0.2, 0.25) is 0 Å². The van der Waals surface area contributed by atoms with E-state index in [1.54, 1.807) is 7.05 Å². The Bertz CT molecular complexity index is 570. The van der Waals surface area contributed by atoms with E-state index in [1.807, 2.05) is 0 Å². The van der Waals surface area contributed by atoms with Crippen LogP contribution >= 0.6 is 0 Å². The number of halogens is 3. The van der Waals surface area contributed by atoms with E-state index in [0.717, 1.165) is 11.8 Å². The topological polar surface area (TPSA) is 67.2 Å². The number of carbonyl (C=O) groups excluding carboxylic acids is 2. The number of carbonyl (C=O) groups is 2. The standard InChI is InChI=1S/C13H17F3N4O2/c1-8(21)20-7-10(3-4-11(20)13(14,15)16)18-12(22)9-5-17-19(2)6-9/h5-6,10-11H,3-4,7H2,1-2H3,(H,18,22). The molecular weight excluding hydrogens is 301 g/mol. The second-order valence-electron chi connectivity index (χ2n) is 5.38. The van der Waals surface area contributed by atoms with Gasteiger partial charge in [0, 0.05) is 32.8 Å². The third kappa shape index (κ3) is 3.58. The maximum absolute atomic E-state index is 12.9. The van der Waals surface area contributed by atoms with Crippen LogP contribution in [0.1, 0.15) is 30.1 Å². The van der Waals surface area contributed by atoms with E-state index < -0.39 is 30.1 Å². The number of nitrogens with one attached hydrogen (secondary N) is 1. The van der Waals surface area contributed by atoms with Gasteiger partial charge in [0.1, 0.15) is 6.04 Å². The van der Waals surface area contributed by atoms with E-state index in [-0.39, 0.29) is 19.4 Å². The van der Waals surface area contributed by atoms with E-state index in [9.17, 15) is 22.8 Å². The van der Waals surface area contributed by atoms with Crippen LogP contribution in [0.25, 0.3) is 0 Å². The summed E-state index contributed by atoms with van der Waals surface area (Å²) in [4.78, 5) is 24.2. The van der Waals surface area contributed by atoms with Crippen molar-refractivity contribution in [3.8, 4) is 0 Å². The molecule has 0 aliphatic carbocycles. The van der Waals surface area contributed by atoms with Crippen LogP contribution in [0.15, 0.2) is 12.4 Å². The van der Waals surface area contributed by atoms with Crippen LogP contribution in [0, 0.1) is 0 Å². The van der Waals surface area contributed by atoms with Crippen molar-refractivity contribution in [1.29, 1.82) is 0 Å². The fourth-order valence-corrected chi connectivity index (χ4v) is 2.58. The maximum atomic E-state index is 12.9. The number of rotatable bonds is 2. The van der Waals surface area contributed by atoms with E-state index in [4.69, 9.17) is 0 Å². The van der Waals surface area contributed by atoms with Crippen molar-refractivity contribution < 1.29 is 22.8 Å². The molecular formula is C13H17F3N4O2. The average Bonchev–Trinajstić information content (AvgIpc) is 2.84. The molecule has 1 aromatic heterocycles. The monoisotopic (exact) mass is 318 g/mol. The van der Waals surface area contributed by atoms with Crippen LogP contribution in [0.4, 0.5) is 13.2 Å². The highest BCUT2D eigenvalue weighted by Gasteiger charge is 2.47. The quantitative estimate of drug-likeness (QED) is 0.888. The smallest absolute Gasteiger partial charge is 0.347 e. The number of nitrogens with zero attached hydrogens (tertiary/aromatic N) is 3. The Hall–Kier alpha value is -2.06. The predicted octanol–water partition coefficient (Wildman–Crippen LogP) is 1.09. The minimum Gasteiger partial charge on any atom is -0.347 e. The molecule has 1 fully saturated rings. The number of likely N-dealkylation sites (tertiary alicyclic amines) is 1. The minimum atomic E-state index is -4.45. The molecule has 122 valence electrons. The second kappa shape index (κ2) is 5.98. The van der Waals surface area contributed by atoms with Crippen molar-refractivity contribution >= 4 is 11.8 Å². The van der Waals surface area contributed by atoms with Crippen LogP contribution in [-0.2, 0) is 11.8 Å². The summed E-state index contributed by atoms with van der Waals surface area (Å²) in [6, 6.07) is -2.29. The maximum Gasteiger partial charge on any atom is 0.408 e. The van der Waals surface area contributed by atoms with Gasteiger partial charge in [-0.1, -0.05) is 0 Å². The highest BCUT2D eigenvalue weighted by atomic mass is 19.4. The lowest BCUT2D eigenvalue weighted by molar-refractivity contribution is -0.196. The summed E-state index contributed by atoms with van der Waals surface area (Å²) >= 11 is 0. The van der Waals surface area contributed by atoms with Crippen LogP contribution < -0.4 is 5.32 Å². The zero-order valence-electron chi connectivity index (χ0n) is 12.2. The first-order chi connectivity index (χ1) is 10.2. The van der Waals surface area contributed by atoms with Crippen molar-refractivity contribution in [2.45, 2.75) is 38.0 Å². The van der Waals surface area contributed by atoms with Crippen molar-refractivity contribution in [2.24, 2.45) is 7.05 Å². The molecule has 1 aliphatic rings. The van der Waals surface area contributed by atoms with Crippen molar-refractivity contribution in [3.05, 3.63) is 18.0 Å². The average molecular weight is 318 g/mol. The lowest BCUT2D eigenvalue weighted by Crippen LogP contribution is -2.57. The first-order valence-corrected chi connectivity index (χ1v) is 6.82. The van der Waals surface area contributed by atoms with Gasteiger partial charge in [-0.2, -0.15) is 18.3 Å². The Morgan fingerprint density at radius 2 is 2.05 bits per heavy atom.